The van der Waals surface area contributed by atoms with Crippen molar-refractivity contribution in [2.75, 3.05) is 19.0 Å². The Kier molecular flexibility index (Phi) is 4.85. The molecule has 2 aromatic rings. The van der Waals surface area contributed by atoms with Crippen molar-refractivity contribution < 1.29 is 14.3 Å². The van der Waals surface area contributed by atoms with Crippen LogP contribution in [0, 0.1) is 0 Å². The minimum absolute atomic E-state index is 0.140. The quantitative estimate of drug-likeness (QED) is 0.900. The molecule has 0 spiro atoms. The summed E-state index contributed by atoms with van der Waals surface area (Å²) in [5.41, 5.74) is 3.12. The molecule has 0 radical (unpaired) electrons. The zero-order valence-corrected chi connectivity index (χ0v) is 15.8. The fourth-order valence-electron chi connectivity index (χ4n) is 2.88. The van der Waals surface area contributed by atoms with Gasteiger partial charge in [0.1, 0.15) is 22.1 Å². The van der Waals surface area contributed by atoms with E-state index in [4.69, 9.17) is 9.47 Å². The fourth-order valence-corrected chi connectivity index (χ4v) is 3.65. The van der Waals surface area contributed by atoms with Crippen LogP contribution in [0.25, 0.3) is 0 Å². The van der Waals surface area contributed by atoms with Crippen molar-refractivity contribution in [1.82, 2.24) is 9.88 Å². The van der Waals surface area contributed by atoms with Gasteiger partial charge in [-0.15, -0.1) is 11.3 Å². The van der Waals surface area contributed by atoms with Gasteiger partial charge in [0.25, 0.3) is 0 Å². The Morgan fingerprint density at radius 2 is 2.28 bits per heavy atom. The van der Waals surface area contributed by atoms with Crippen LogP contribution in [-0.4, -0.2) is 35.2 Å². The number of amides is 2. The summed E-state index contributed by atoms with van der Waals surface area (Å²) in [7, 11) is 1.63. The molecule has 0 unspecified atom stereocenters. The van der Waals surface area contributed by atoms with Gasteiger partial charge in [0.2, 0.25) is 0 Å². The second-order valence-electron chi connectivity index (χ2n) is 6.60. The first-order valence-electron chi connectivity index (χ1n) is 8.26. The third-order valence-electron chi connectivity index (χ3n) is 4.08. The van der Waals surface area contributed by atoms with Crippen LogP contribution in [-0.2, 0) is 13.0 Å². The van der Waals surface area contributed by atoms with E-state index in [-0.39, 0.29) is 6.03 Å². The van der Waals surface area contributed by atoms with E-state index in [0.717, 1.165) is 34.2 Å². The predicted molar refractivity (Wildman–Crippen MR) is 98.6 cm³/mol. The normalized spacial score (nSPS) is 15.8. The summed E-state index contributed by atoms with van der Waals surface area (Å²) in [6.45, 7) is 6.94. The highest BCUT2D eigenvalue weighted by atomic mass is 32.1. The van der Waals surface area contributed by atoms with E-state index in [1.54, 1.807) is 17.5 Å². The minimum Gasteiger partial charge on any atom is -0.497 e. The van der Waals surface area contributed by atoms with Gasteiger partial charge in [-0.2, -0.15) is 0 Å². The number of nitrogens with one attached hydrogen (secondary N) is 1. The van der Waals surface area contributed by atoms with E-state index in [1.165, 1.54) is 11.3 Å². The van der Waals surface area contributed by atoms with Gasteiger partial charge in [-0.25, -0.2) is 9.78 Å². The van der Waals surface area contributed by atoms with E-state index in [0.29, 0.717) is 13.1 Å². The summed E-state index contributed by atoms with van der Waals surface area (Å²) in [4.78, 5) is 18.9. The first-order chi connectivity index (χ1) is 11.9. The first-order valence-corrected chi connectivity index (χ1v) is 9.14. The fraction of sp³-hybridized carbons (Fsp3) is 0.444. The lowest BCUT2D eigenvalue weighted by Crippen LogP contribution is -2.44. The van der Waals surface area contributed by atoms with E-state index in [1.807, 2.05) is 39.0 Å². The van der Waals surface area contributed by atoms with Crippen LogP contribution in [0.4, 0.5) is 9.80 Å². The highest BCUT2D eigenvalue weighted by Crippen LogP contribution is 2.33. The molecule has 1 aromatic carbocycles. The molecular weight excluding hydrogens is 338 g/mol. The Morgan fingerprint density at radius 3 is 3.00 bits per heavy atom. The number of anilines is 1. The number of carbonyl (C=O) groups excluding carboxylic acids is 1. The largest absolute Gasteiger partial charge is 0.497 e. The van der Waals surface area contributed by atoms with Crippen molar-refractivity contribution in [3.63, 3.8) is 0 Å². The molecular formula is C18H23N3O3S. The summed E-state index contributed by atoms with van der Waals surface area (Å²) in [5.74, 6) is 1.50. The second-order valence-corrected chi connectivity index (χ2v) is 7.46. The third-order valence-corrected chi connectivity index (χ3v) is 4.86. The highest BCUT2D eigenvalue weighted by molar-refractivity contribution is 7.14. The maximum atomic E-state index is 12.8. The summed E-state index contributed by atoms with van der Waals surface area (Å²) < 4.78 is 11.4. The number of rotatable bonds is 3. The van der Waals surface area contributed by atoms with E-state index in [9.17, 15) is 4.79 Å². The molecule has 0 atom stereocenters. The van der Waals surface area contributed by atoms with E-state index < -0.39 is 5.60 Å². The summed E-state index contributed by atoms with van der Waals surface area (Å²) >= 11 is 1.44. The molecule has 134 valence electrons. The van der Waals surface area contributed by atoms with Gasteiger partial charge in [0.15, 0.2) is 0 Å². The molecule has 0 saturated carbocycles. The van der Waals surface area contributed by atoms with Crippen LogP contribution in [0.15, 0.2) is 23.7 Å². The number of nitrogens with zero attached hydrogens (tertiary/aromatic N) is 2. The number of fused-ring (bicyclic) bond motifs is 1. The Labute approximate surface area is 151 Å². The zero-order chi connectivity index (χ0) is 18.0. The topological polar surface area (TPSA) is 63.7 Å². The van der Waals surface area contributed by atoms with Crippen LogP contribution in [0.3, 0.4) is 0 Å². The lowest BCUT2D eigenvalue weighted by Gasteiger charge is -2.29. The molecule has 0 aliphatic carbocycles. The summed E-state index contributed by atoms with van der Waals surface area (Å²) in [6.07, 6.45) is 0.788. The van der Waals surface area contributed by atoms with Gasteiger partial charge in [0, 0.05) is 11.6 Å². The number of hydrogen-bond acceptors (Lipinski definition) is 5. The molecule has 0 bridgehead atoms. The molecule has 1 aliphatic heterocycles. The SMILES string of the molecule is CCc1ncsc1NC(=O)N1Cc2ccc(OC)cc2OC(C)(C)C1. The first kappa shape index (κ1) is 17.5. The molecule has 7 heteroatoms. The lowest BCUT2D eigenvalue weighted by molar-refractivity contribution is 0.0833. The predicted octanol–water partition coefficient (Wildman–Crippen LogP) is 3.92. The number of benzene rings is 1. The van der Waals surface area contributed by atoms with Crippen molar-refractivity contribution in [2.24, 2.45) is 0 Å². The average molecular weight is 361 g/mol. The summed E-state index contributed by atoms with van der Waals surface area (Å²) in [6, 6.07) is 5.56. The van der Waals surface area contributed by atoms with Crippen LogP contribution in [0.5, 0.6) is 11.5 Å². The smallest absolute Gasteiger partial charge is 0.322 e. The molecule has 2 heterocycles. The average Bonchev–Trinajstić information content (AvgIpc) is 2.96. The number of aromatic nitrogens is 1. The van der Waals surface area contributed by atoms with E-state index in [2.05, 4.69) is 10.3 Å². The number of ether oxygens (including phenoxy) is 2. The van der Waals surface area contributed by atoms with Gasteiger partial charge in [-0.1, -0.05) is 6.92 Å². The molecule has 1 N–H and O–H groups in total. The monoisotopic (exact) mass is 361 g/mol. The molecule has 0 fully saturated rings. The number of urea groups is 1. The molecule has 2 amide bonds. The lowest BCUT2D eigenvalue weighted by atomic mass is 10.1. The van der Waals surface area contributed by atoms with Crippen molar-refractivity contribution in [3.05, 3.63) is 35.0 Å². The number of carbonyl (C=O) groups is 1. The maximum Gasteiger partial charge on any atom is 0.322 e. The molecule has 25 heavy (non-hydrogen) atoms. The van der Waals surface area contributed by atoms with Gasteiger partial charge in [-0.3, -0.25) is 5.32 Å². The van der Waals surface area contributed by atoms with Crippen molar-refractivity contribution in [2.45, 2.75) is 39.3 Å². The Bertz CT molecular complexity index is 773. The Morgan fingerprint density at radius 1 is 1.48 bits per heavy atom. The standard InChI is InChI=1S/C18H23N3O3S/c1-5-14-16(25-11-19-14)20-17(22)21-9-12-6-7-13(23-4)8-15(12)24-18(2,3)10-21/h6-8,11H,5,9-10H2,1-4H3,(H,20,22). The molecule has 1 aromatic heterocycles. The van der Waals surface area contributed by atoms with Crippen molar-refractivity contribution >= 4 is 22.4 Å². The van der Waals surface area contributed by atoms with Crippen molar-refractivity contribution in [1.29, 1.82) is 0 Å². The molecule has 6 nitrogen and oxygen atoms in total. The second kappa shape index (κ2) is 6.92. The minimum atomic E-state index is -0.504. The number of methoxy groups -OCH3 is 1. The highest BCUT2D eigenvalue weighted by Gasteiger charge is 2.32. The molecule has 3 rings (SSSR count). The van der Waals surface area contributed by atoms with Crippen LogP contribution >= 0.6 is 11.3 Å². The van der Waals surface area contributed by atoms with Gasteiger partial charge >= 0.3 is 6.03 Å². The molecule has 0 saturated heterocycles. The Balaban J connectivity index is 1.84. The van der Waals surface area contributed by atoms with Crippen molar-refractivity contribution in [3.8, 4) is 11.5 Å². The number of thiazole rings is 1. The third kappa shape index (κ3) is 3.87. The molecule has 1 aliphatic rings. The van der Waals surface area contributed by atoms with Crippen LogP contribution in [0.2, 0.25) is 0 Å². The van der Waals surface area contributed by atoms with E-state index >= 15 is 0 Å². The van der Waals surface area contributed by atoms with Gasteiger partial charge < -0.3 is 14.4 Å². The Hall–Kier alpha value is -2.28. The van der Waals surface area contributed by atoms with Crippen LogP contribution in [0.1, 0.15) is 32.0 Å². The van der Waals surface area contributed by atoms with Crippen LogP contribution < -0.4 is 14.8 Å². The van der Waals surface area contributed by atoms with Gasteiger partial charge in [0.05, 0.1) is 31.4 Å². The zero-order valence-electron chi connectivity index (χ0n) is 15.0. The number of hydrogen-bond donors (Lipinski definition) is 1. The number of aryl methyl sites for hydroxylation is 1. The summed E-state index contributed by atoms with van der Waals surface area (Å²) in [5, 5.41) is 3.80. The van der Waals surface area contributed by atoms with Gasteiger partial charge in [-0.05, 0) is 32.4 Å². The maximum absolute atomic E-state index is 12.8.